The standard InChI is InChI=1S/C50H50O14.C22H22O6/c1-3-43(51)57-29-9-5-7-11-45(53)61-39-25-21-35(22-26-39)33-13-17-37(18-14-33)49(55)63-41-31-59-48-42(32-60-47(41)48)64-50(56)38-19-15-34(16-20-38)36-23-27-40(28-24-36)62-46(54)12-8-6-10-30-58-44(52)4-2;1-2-20(23)27-15-5-3-4-6-21(24)28-19-13-11-17(12-14-19)16-7-9-18(10-8-16)22(25)26/h3-4,13-28,41-42,47-48H,1-2,5-12,29-32H2;2,7-14H,1,3-6,15H2,(H,25,26)/t41-,42-,47?,48?;/m1./s1. The van der Waals surface area contributed by atoms with Crippen molar-refractivity contribution in [3.05, 3.63) is 200 Å². The Labute approximate surface area is 532 Å². The summed E-state index contributed by atoms with van der Waals surface area (Å²) in [6.07, 6.45) is 7.56. The van der Waals surface area contributed by atoms with E-state index in [-0.39, 0.29) is 69.2 Å². The van der Waals surface area contributed by atoms with Crippen LogP contribution in [0.25, 0.3) is 33.4 Å². The first-order chi connectivity index (χ1) is 44.6. The van der Waals surface area contributed by atoms with Crippen LogP contribution in [0.5, 0.6) is 17.2 Å². The van der Waals surface area contributed by atoms with Crippen molar-refractivity contribution >= 4 is 53.7 Å². The highest BCUT2D eigenvalue weighted by atomic mass is 16.7. The maximum absolute atomic E-state index is 13.1. The number of unbranched alkanes of at least 4 members (excludes halogenated alkanes) is 6. The van der Waals surface area contributed by atoms with Crippen molar-refractivity contribution in [1.82, 2.24) is 0 Å². The lowest BCUT2D eigenvalue weighted by Crippen LogP contribution is -2.36. The van der Waals surface area contributed by atoms with Gasteiger partial charge in [0.1, 0.15) is 29.5 Å². The predicted molar refractivity (Wildman–Crippen MR) is 336 cm³/mol. The maximum Gasteiger partial charge on any atom is 0.338 e. The lowest BCUT2D eigenvalue weighted by molar-refractivity contribution is -0.138. The van der Waals surface area contributed by atoms with E-state index in [0.29, 0.717) is 73.5 Å². The highest BCUT2D eigenvalue weighted by Crippen LogP contribution is 2.33. The number of carboxylic acids is 1. The van der Waals surface area contributed by atoms with E-state index >= 15 is 0 Å². The number of ether oxygens (including phenoxy) is 10. The van der Waals surface area contributed by atoms with Crippen molar-refractivity contribution in [3.8, 4) is 50.6 Å². The molecule has 20 heteroatoms. The molecule has 0 saturated carbocycles. The van der Waals surface area contributed by atoms with Gasteiger partial charge in [0, 0.05) is 37.5 Å². The van der Waals surface area contributed by atoms with Gasteiger partial charge in [0.05, 0.1) is 49.7 Å². The molecule has 8 rings (SSSR count). The summed E-state index contributed by atoms with van der Waals surface area (Å²) >= 11 is 0. The van der Waals surface area contributed by atoms with Gasteiger partial charge in [-0.3, -0.25) is 14.4 Å². The zero-order valence-electron chi connectivity index (χ0n) is 50.7. The van der Waals surface area contributed by atoms with Gasteiger partial charge < -0.3 is 52.5 Å². The van der Waals surface area contributed by atoms with Crippen LogP contribution in [-0.4, -0.2) is 116 Å². The number of benzene rings is 6. The van der Waals surface area contributed by atoms with Crippen LogP contribution in [-0.2, 0) is 61.9 Å². The first-order valence-electron chi connectivity index (χ1n) is 30.1. The molecule has 6 aromatic rings. The van der Waals surface area contributed by atoms with Crippen LogP contribution in [0.3, 0.4) is 0 Å². The van der Waals surface area contributed by atoms with Gasteiger partial charge >= 0.3 is 53.7 Å². The van der Waals surface area contributed by atoms with Crippen LogP contribution in [0.1, 0.15) is 108 Å². The molecule has 0 amide bonds. The summed E-state index contributed by atoms with van der Waals surface area (Å²) in [6.45, 7) is 11.1. The molecule has 2 saturated heterocycles. The molecule has 0 bridgehead atoms. The molecule has 2 aliphatic rings. The Kier molecular flexibility index (Phi) is 27.3. The number of aromatic carboxylic acids is 1. The van der Waals surface area contributed by atoms with Crippen LogP contribution < -0.4 is 14.2 Å². The summed E-state index contributed by atoms with van der Waals surface area (Å²) in [5.74, 6) is -3.16. The minimum Gasteiger partial charge on any atom is -0.478 e. The quantitative estimate of drug-likeness (QED) is 0.0135. The maximum atomic E-state index is 13.1. The number of fused-ring (bicyclic) bond motifs is 1. The van der Waals surface area contributed by atoms with Crippen LogP contribution in [0, 0.1) is 0 Å². The normalized spacial score (nSPS) is 15.1. The molecule has 92 heavy (non-hydrogen) atoms. The van der Waals surface area contributed by atoms with Gasteiger partial charge in [0.15, 0.2) is 12.2 Å². The van der Waals surface area contributed by atoms with E-state index in [2.05, 4.69) is 19.7 Å². The van der Waals surface area contributed by atoms with E-state index in [1.165, 1.54) is 0 Å². The summed E-state index contributed by atoms with van der Waals surface area (Å²) in [7, 11) is 0. The molecule has 4 atom stereocenters. The van der Waals surface area contributed by atoms with Gasteiger partial charge in [-0.15, -0.1) is 0 Å². The summed E-state index contributed by atoms with van der Waals surface area (Å²) in [4.78, 5) is 107. The molecule has 2 fully saturated rings. The van der Waals surface area contributed by atoms with Crippen molar-refractivity contribution in [2.45, 2.75) is 101 Å². The largest absolute Gasteiger partial charge is 0.478 e. The fourth-order valence-electron chi connectivity index (χ4n) is 9.48. The molecule has 20 nitrogen and oxygen atoms in total. The molecule has 0 spiro atoms. The predicted octanol–water partition coefficient (Wildman–Crippen LogP) is 12.2. The van der Waals surface area contributed by atoms with Crippen LogP contribution in [0.15, 0.2) is 184 Å². The fourth-order valence-corrected chi connectivity index (χ4v) is 9.48. The second-order valence-corrected chi connectivity index (χ2v) is 21.1. The molecular formula is C72H72O20. The van der Waals surface area contributed by atoms with Crippen LogP contribution >= 0.6 is 0 Å². The molecule has 480 valence electrons. The van der Waals surface area contributed by atoms with E-state index in [0.717, 1.165) is 70.9 Å². The molecule has 1 N–H and O–H groups in total. The summed E-state index contributed by atoms with van der Waals surface area (Å²) in [6, 6.07) is 41.5. The van der Waals surface area contributed by atoms with E-state index in [1.54, 1.807) is 109 Å². The van der Waals surface area contributed by atoms with Crippen molar-refractivity contribution in [2.75, 3.05) is 33.0 Å². The zero-order valence-corrected chi connectivity index (χ0v) is 50.7. The third-order valence-electron chi connectivity index (χ3n) is 14.4. The second kappa shape index (κ2) is 36.4. The molecule has 0 radical (unpaired) electrons. The molecule has 2 unspecified atom stereocenters. The Balaban J connectivity index is 0.000000357. The van der Waals surface area contributed by atoms with Gasteiger partial charge in [-0.25, -0.2) is 28.8 Å². The van der Waals surface area contributed by atoms with Crippen molar-refractivity contribution < 1.29 is 95.6 Å². The Bertz CT molecular complexity index is 3320. The number of hydrogen-bond donors (Lipinski definition) is 1. The third-order valence-corrected chi connectivity index (χ3v) is 14.4. The average Bonchev–Trinajstić information content (AvgIpc) is 1.79. The number of hydrogen-bond acceptors (Lipinski definition) is 19. The lowest BCUT2D eigenvalue weighted by Gasteiger charge is -2.17. The second-order valence-electron chi connectivity index (χ2n) is 21.1. The number of carboxylic acid groups (broad SMARTS) is 1. The van der Waals surface area contributed by atoms with Gasteiger partial charge in [0.25, 0.3) is 0 Å². The molecule has 6 aromatic carbocycles. The number of esters is 8. The number of carbonyl (C=O) groups is 9. The first-order valence-corrected chi connectivity index (χ1v) is 30.1. The minimum atomic E-state index is -0.966. The van der Waals surface area contributed by atoms with Crippen molar-refractivity contribution in [3.63, 3.8) is 0 Å². The van der Waals surface area contributed by atoms with Gasteiger partial charge in [-0.2, -0.15) is 0 Å². The summed E-state index contributed by atoms with van der Waals surface area (Å²) < 4.78 is 54.3. The zero-order chi connectivity index (χ0) is 65.6. The van der Waals surface area contributed by atoms with E-state index < -0.39 is 60.2 Å². The molecule has 2 heterocycles. The van der Waals surface area contributed by atoms with E-state index in [1.807, 2.05) is 36.4 Å². The Morgan fingerprint density at radius 3 is 0.891 bits per heavy atom. The van der Waals surface area contributed by atoms with E-state index in [9.17, 15) is 43.2 Å². The smallest absolute Gasteiger partial charge is 0.338 e. The SMILES string of the molecule is C=CC(=O)OCCCCCC(=O)Oc1ccc(-c2ccc(C(=O)O)cc2)cc1.C=CC(=O)OCCCCCC(=O)Oc1ccc(-c2ccc(C(=O)O[C@@H]3COC4C3OC[C@H]4OC(=O)c3ccc(-c4ccc(OC(=O)CCCCCOC(=O)C=C)cc4)cc3)cc2)cc1. The van der Waals surface area contributed by atoms with E-state index in [4.69, 9.17) is 52.5 Å². The van der Waals surface area contributed by atoms with Crippen LogP contribution in [0.4, 0.5) is 0 Å². The van der Waals surface area contributed by atoms with Crippen LogP contribution in [0.2, 0.25) is 0 Å². The Hall–Kier alpha value is -10.3. The molecule has 0 aromatic heterocycles. The molecule has 0 aliphatic carbocycles. The third kappa shape index (κ3) is 22.3. The molecule has 2 aliphatic heterocycles. The number of rotatable bonds is 32. The van der Waals surface area contributed by atoms with Gasteiger partial charge in [-0.05, 0) is 164 Å². The minimum absolute atomic E-state index is 0.0840. The average molecular weight is 1260 g/mol. The Morgan fingerprint density at radius 2 is 0.630 bits per heavy atom. The molecular weight excluding hydrogens is 1180 g/mol. The van der Waals surface area contributed by atoms with Gasteiger partial charge in [-0.1, -0.05) is 92.5 Å². The fraction of sp³-hybridized carbons (Fsp3) is 0.292. The Morgan fingerprint density at radius 1 is 0.370 bits per heavy atom. The topological polar surface area (TPSA) is 266 Å². The highest BCUT2D eigenvalue weighted by Gasteiger charge is 2.51. The summed E-state index contributed by atoms with van der Waals surface area (Å²) in [5.41, 5.74) is 6.08. The summed E-state index contributed by atoms with van der Waals surface area (Å²) in [5, 5.41) is 8.93. The number of carbonyl (C=O) groups excluding carboxylic acids is 8. The highest BCUT2D eigenvalue weighted by molar-refractivity contribution is 5.91. The lowest BCUT2D eigenvalue weighted by atomic mass is 10.0. The first kappa shape index (κ1) is 69.2. The van der Waals surface area contributed by atoms with Crippen molar-refractivity contribution in [1.29, 1.82) is 0 Å². The monoisotopic (exact) mass is 1260 g/mol. The van der Waals surface area contributed by atoms with Gasteiger partial charge in [0.2, 0.25) is 0 Å². The van der Waals surface area contributed by atoms with Crippen molar-refractivity contribution in [2.24, 2.45) is 0 Å².